The molecule has 0 aliphatic carbocycles. The summed E-state index contributed by atoms with van der Waals surface area (Å²) in [6.45, 7) is 2.55. The number of benzene rings is 2. The van der Waals surface area contributed by atoms with E-state index in [0.717, 1.165) is 6.42 Å². The Morgan fingerprint density at radius 1 is 0.966 bits per heavy atom. The first-order valence-corrected chi connectivity index (χ1v) is 9.15. The van der Waals surface area contributed by atoms with Crippen LogP contribution in [-0.4, -0.2) is 39.9 Å². The molecule has 0 heterocycles. The second-order valence-corrected chi connectivity index (χ2v) is 6.09. The van der Waals surface area contributed by atoms with Crippen molar-refractivity contribution >= 4 is 17.7 Å². The van der Waals surface area contributed by atoms with Crippen molar-refractivity contribution in [1.82, 2.24) is 5.32 Å². The van der Waals surface area contributed by atoms with Crippen LogP contribution in [0.1, 0.15) is 18.9 Å². The minimum absolute atomic E-state index is 0.00531. The predicted octanol–water partition coefficient (Wildman–Crippen LogP) is 3.39. The number of nitrogens with one attached hydrogen (secondary N) is 2. The minimum atomic E-state index is -0.466. The van der Waals surface area contributed by atoms with Gasteiger partial charge in [0.2, 0.25) is 5.75 Å². The van der Waals surface area contributed by atoms with Gasteiger partial charge < -0.3 is 29.6 Å². The number of carbonyl (C=O) groups excluding carboxylic acids is 2. The Hall–Kier alpha value is -3.42. The van der Waals surface area contributed by atoms with E-state index in [1.807, 2.05) is 6.92 Å². The highest BCUT2D eigenvalue weighted by atomic mass is 16.5. The number of hydrogen-bond acceptors (Lipinski definition) is 6. The molecule has 0 radical (unpaired) electrons. The van der Waals surface area contributed by atoms with Crippen LogP contribution in [0.5, 0.6) is 23.0 Å². The van der Waals surface area contributed by atoms with E-state index in [1.54, 1.807) is 36.4 Å². The normalized spacial score (nSPS) is 10.1. The lowest BCUT2D eigenvalue weighted by Gasteiger charge is -2.14. The smallest absolute Gasteiger partial charge is 0.319 e. The Labute approximate surface area is 170 Å². The first kappa shape index (κ1) is 21.9. The molecule has 2 aromatic carbocycles. The lowest BCUT2D eigenvalue weighted by molar-refractivity contribution is -0.133. The van der Waals surface area contributed by atoms with E-state index >= 15 is 0 Å². The maximum atomic E-state index is 12.4. The Bertz CT molecular complexity index is 828. The number of methoxy groups -OCH3 is 3. The summed E-state index contributed by atoms with van der Waals surface area (Å²) in [5, 5.41) is 5.41. The molecule has 0 saturated heterocycles. The molecule has 0 bridgehead atoms. The summed E-state index contributed by atoms with van der Waals surface area (Å²) < 4.78 is 21.3. The van der Waals surface area contributed by atoms with Crippen LogP contribution in [0, 0.1) is 0 Å². The first-order valence-electron chi connectivity index (χ1n) is 9.15. The Morgan fingerprint density at radius 3 is 2.24 bits per heavy atom. The molecule has 0 saturated carbocycles. The van der Waals surface area contributed by atoms with Gasteiger partial charge in [-0.2, -0.15) is 0 Å². The van der Waals surface area contributed by atoms with Crippen molar-refractivity contribution in [2.75, 3.05) is 33.2 Å². The van der Waals surface area contributed by atoms with Gasteiger partial charge in [-0.25, -0.2) is 4.79 Å². The highest BCUT2D eigenvalue weighted by molar-refractivity contribution is 5.89. The van der Waals surface area contributed by atoms with E-state index in [2.05, 4.69) is 10.6 Å². The molecule has 2 N–H and O–H groups in total. The van der Waals surface area contributed by atoms with Crippen molar-refractivity contribution in [3.63, 3.8) is 0 Å². The van der Waals surface area contributed by atoms with Crippen LogP contribution in [0.2, 0.25) is 0 Å². The van der Waals surface area contributed by atoms with Gasteiger partial charge in [-0.05, 0) is 36.2 Å². The van der Waals surface area contributed by atoms with Crippen LogP contribution < -0.4 is 29.6 Å². The summed E-state index contributed by atoms with van der Waals surface area (Å²) in [6, 6.07) is 9.70. The standard InChI is InChI=1S/C21H26N2O6/c1-5-9-22-21(25)23-15-7-6-8-16(13-15)29-19(24)12-14-10-17(26-2)20(28-4)18(11-14)27-3/h6-8,10-11,13H,5,9,12H2,1-4H3,(H2,22,23,25). The average Bonchev–Trinajstić information content (AvgIpc) is 2.71. The highest BCUT2D eigenvalue weighted by Gasteiger charge is 2.16. The largest absolute Gasteiger partial charge is 0.493 e. The molecule has 2 rings (SSSR count). The number of urea groups is 1. The van der Waals surface area contributed by atoms with Crippen LogP contribution in [0.3, 0.4) is 0 Å². The van der Waals surface area contributed by atoms with E-state index in [4.69, 9.17) is 18.9 Å². The number of hydrogen-bond donors (Lipinski definition) is 2. The van der Waals surface area contributed by atoms with Gasteiger partial charge in [0, 0.05) is 18.3 Å². The van der Waals surface area contributed by atoms with E-state index < -0.39 is 5.97 Å². The molecule has 8 heteroatoms. The summed E-state index contributed by atoms with van der Waals surface area (Å²) in [5.41, 5.74) is 1.18. The average molecular weight is 402 g/mol. The third-order valence-corrected chi connectivity index (χ3v) is 3.93. The molecule has 0 aliphatic rings. The van der Waals surface area contributed by atoms with Gasteiger partial charge >= 0.3 is 12.0 Å². The molecule has 0 spiro atoms. The third-order valence-electron chi connectivity index (χ3n) is 3.93. The zero-order chi connectivity index (χ0) is 21.2. The number of anilines is 1. The molecule has 2 amide bonds. The fraction of sp³-hybridized carbons (Fsp3) is 0.333. The third kappa shape index (κ3) is 6.31. The number of ether oxygens (including phenoxy) is 4. The van der Waals surface area contributed by atoms with E-state index in [-0.39, 0.29) is 12.5 Å². The van der Waals surface area contributed by atoms with E-state index in [1.165, 1.54) is 21.3 Å². The Morgan fingerprint density at radius 2 is 1.66 bits per heavy atom. The monoisotopic (exact) mass is 402 g/mol. The molecular weight excluding hydrogens is 376 g/mol. The maximum Gasteiger partial charge on any atom is 0.319 e. The lowest BCUT2D eigenvalue weighted by Crippen LogP contribution is -2.29. The van der Waals surface area contributed by atoms with Gasteiger partial charge in [0.25, 0.3) is 0 Å². The topological polar surface area (TPSA) is 95.1 Å². The molecule has 29 heavy (non-hydrogen) atoms. The Balaban J connectivity index is 2.06. The van der Waals surface area contributed by atoms with E-state index in [9.17, 15) is 9.59 Å². The van der Waals surface area contributed by atoms with Crippen molar-refractivity contribution in [3.05, 3.63) is 42.0 Å². The highest BCUT2D eigenvalue weighted by Crippen LogP contribution is 2.38. The molecule has 0 unspecified atom stereocenters. The molecule has 8 nitrogen and oxygen atoms in total. The number of rotatable bonds is 9. The molecular formula is C21H26N2O6. The van der Waals surface area contributed by atoms with Crippen LogP contribution in [0.4, 0.5) is 10.5 Å². The second kappa shape index (κ2) is 10.8. The molecule has 2 aromatic rings. The van der Waals surface area contributed by atoms with Gasteiger partial charge in [-0.3, -0.25) is 4.79 Å². The molecule has 0 aromatic heterocycles. The van der Waals surface area contributed by atoms with Crippen molar-refractivity contribution in [3.8, 4) is 23.0 Å². The zero-order valence-corrected chi connectivity index (χ0v) is 17.0. The fourth-order valence-corrected chi connectivity index (χ4v) is 2.62. The van der Waals surface area contributed by atoms with Crippen LogP contribution in [0.25, 0.3) is 0 Å². The van der Waals surface area contributed by atoms with Crippen molar-refractivity contribution in [1.29, 1.82) is 0 Å². The van der Waals surface area contributed by atoms with E-state index in [0.29, 0.717) is 40.8 Å². The molecule has 156 valence electrons. The van der Waals surface area contributed by atoms with Crippen LogP contribution in [0.15, 0.2) is 36.4 Å². The number of esters is 1. The van der Waals surface area contributed by atoms with Gasteiger partial charge in [-0.15, -0.1) is 0 Å². The van der Waals surface area contributed by atoms with Gasteiger partial charge in [-0.1, -0.05) is 13.0 Å². The van der Waals surface area contributed by atoms with Gasteiger partial charge in [0.15, 0.2) is 11.5 Å². The quantitative estimate of drug-likeness (QED) is 0.493. The van der Waals surface area contributed by atoms with Crippen molar-refractivity contribution < 1.29 is 28.5 Å². The molecule has 0 aliphatic heterocycles. The molecule has 0 fully saturated rings. The maximum absolute atomic E-state index is 12.4. The number of amides is 2. The first-order chi connectivity index (χ1) is 14.0. The minimum Gasteiger partial charge on any atom is -0.493 e. The number of carbonyl (C=O) groups is 2. The lowest BCUT2D eigenvalue weighted by atomic mass is 10.1. The SMILES string of the molecule is CCCNC(=O)Nc1cccc(OC(=O)Cc2cc(OC)c(OC)c(OC)c2)c1. The van der Waals surface area contributed by atoms with Crippen molar-refractivity contribution in [2.45, 2.75) is 19.8 Å². The fourth-order valence-electron chi connectivity index (χ4n) is 2.62. The van der Waals surface area contributed by atoms with Crippen LogP contribution in [-0.2, 0) is 11.2 Å². The summed E-state index contributed by atoms with van der Waals surface area (Å²) >= 11 is 0. The zero-order valence-electron chi connectivity index (χ0n) is 17.0. The summed E-state index contributed by atoms with van der Waals surface area (Å²) in [7, 11) is 4.53. The summed E-state index contributed by atoms with van der Waals surface area (Å²) in [5.74, 6) is 1.23. The van der Waals surface area contributed by atoms with Crippen LogP contribution >= 0.6 is 0 Å². The molecule has 0 atom stereocenters. The summed E-state index contributed by atoms with van der Waals surface area (Å²) in [4.78, 5) is 24.1. The Kier molecular flexibility index (Phi) is 8.14. The summed E-state index contributed by atoms with van der Waals surface area (Å²) in [6.07, 6.45) is 0.845. The second-order valence-electron chi connectivity index (χ2n) is 6.09. The predicted molar refractivity (Wildman–Crippen MR) is 109 cm³/mol. The van der Waals surface area contributed by atoms with Gasteiger partial charge in [0.1, 0.15) is 5.75 Å². The van der Waals surface area contributed by atoms with Gasteiger partial charge in [0.05, 0.1) is 27.8 Å². The van der Waals surface area contributed by atoms with Crippen molar-refractivity contribution in [2.24, 2.45) is 0 Å².